The molecule has 2 aromatic carbocycles. The number of fused-ring (bicyclic) bond motifs is 1. The Hall–Kier alpha value is -1.81. The Morgan fingerprint density at radius 1 is 1.11 bits per heavy atom. The Bertz CT molecular complexity index is 734. The molecule has 90 valence electrons. The molecule has 0 aliphatic carbocycles. The number of para-hydroxylation sites is 2. The molecule has 0 atom stereocenters. The van der Waals surface area contributed by atoms with Gasteiger partial charge in [0.25, 0.3) is 0 Å². The van der Waals surface area contributed by atoms with Crippen LogP contribution in [0.5, 0.6) is 5.75 Å². The molecule has 0 aliphatic heterocycles. The van der Waals surface area contributed by atoms with Gasteiger partial charge in [0.2, 0.25) is 0 Å². The summed E-state index contributed by atoms with van der Waals surface area (Å²) in [5, 5.41) is 9.92. The minimum atomic E-state index is 0.243. The molecular weight excluding hydrogens is 292 g/mol. The number of aromatic hydroxyl groups is 1. The van der Waals surface area contributed by atoms with E-state index in [1.807, 2.05) is 41.9 Å². The van der Waals surface area contributed by atoms with Gasteiger partial charge in [0.1, 0.15) is 17.1 Å². The topological polar surface area (TPSA) is 38.0 Å². The van der Waals surface area contributed by atoms with E-state index in [9.17, 15) is 5.11 Å². The zero-order valence-electron chi connectivity index (χ0n) is 9.76. The van der Waals surface area contributed by atoms with E-state index in [0.29, 0.717) is 0 Å². The fraction of sp³-hybridized carbons (Fsp3) is 0.0714. The second-order valence-electron chi connectivity index (χ2n) is 4.12. The average molecular weight is 303 g/mol. The smallest absolute Gasteiger partial charge is 0.144 e. The van der Waals surface area contributed by atoms with Gasteiger partial charge in [-0.1, -0.05) is 18.2 Å². The predicted molar refractivity (Wildman–Crippen MR) is 75.5 cm³/mol. The number of phenolic OH excluding ortho intramolecular Hbond substituents is 1. The quantitative estimate of drug-likeness (QED) is 0.744. The number of rotatable bonds is 1. The number of aromatic nitrogens is 2. The molecule has 18 heavy (non-hydrogen) atoms. The van der Waals surface area contributed by atoms with Crippen molar-refractivity contribution in [2.24, 2.45) is 7.05 Å². The Balaban J connectivity index is 2.35. The number of benzene rings is 2. The molecule has 1 N–H and O–H groups in total. The summed E-state index contributed by atoms with van der Waals surface area (Å²) in [5.74, 6) is 1.00. The lowest BCUT2D eigenvalue weighted by molar-refractivity contribution is 0.476. The number of hydrogen-bond acceptors (Lipinski definition) is 2. The molecule has 4 heteroatoms. The highest BCUT2D eigenvalue weighted by Crippen LogP contribution is 2.32. The third-order valence-corrected chi connectivity index (χ3v) is 3.65. The van der Waals surface area contributed by atoms with Crippen molar-refractivity contribution in [3.63, 3.8) is 0 Å². The SMILES string of the molecule is Cn1c(-c2ccccc2O)nc2c(Br)cccc21. The fourth-order valence-corrected chi connectivity index (χ4v) is 2.53. The zero-order valence-corrected chi connectivity index (χ0v) is 11.3. The molecule has 0 bridgehead atoms. The van der Waals surface area contributed by atoms with Crippen LogP contribution in [0.1, 0.15) is 0 Å². The number of nitrogens with zero attached hydrogens (tertiary/aromatic N) is 2. The van der Waals surface area contributed by atoms with E-state index in [1.54, 1.807) is 12.1 Å². The van der Waals surface area contributed by atoms with E-state index in [4.69, 9.17) is 0 Å². The molecule has 0 amide bonds. The first-order chi connectivity index (χ1) is 8.68. The van der Waals surface area contributed by atoms with Crippen molar-refractivity contribution in [2.75, 3.05) is 0 Å². The van der Waals surface area contributed by atoms with Gasteiger partial charge in [0.05, 0.1) is 11.1 Å². The molecule has 1 heterocycles. The average Bonchev–Trinajstić information content (AvgIpc) is 2.70. The van der Waals surface area contributed by atoms with Gasteiger partial charge in [-0.15, -0.1) is 0 Å². The zero-order chi connectivity index (χ0) is 12.7. The van der Waals surface area contributed by atoms with Crippen LogP contribution in [0.4, 0.5) is 0 Å². The predicted octanol–water partition coefficient (Wildman–Crippen LogP) is 3.71. The summed E-state index contributed by atoms with van der Waals surface area (Å²) in [4.78, 5) is 4.60. The number of phenols is 1. The molecule has 0 fully saturated rings. The third-order valence-electron chi connectivity index (χ3n) is 3.01. The van der Waals surface area contributed by atoms with Crippen LogP contribution in [-0.4, -0.2) is 14.7 Å². The van der Waals surface area contributed by atoms with Crippen LogP contribution in [0.2, 0.25) is 0 Å². The van der Waals surface area contributed by atoms with Crippen LogP contribution < -0.4 is 0 Å². The summed E-state index contributed by atoms with van der Waals surface area (Å²) < 4.78 is 2.94. The van der Waals surface area contributed by atoms with Crippen molar-refractivity contribution in [3.8, 4) is 17.1 Å². The molecular formula is C14H11BrN2O. The summed E-state index contributed by atoms with van der Waals surface area (Å²) in [7, 11) is 1.95. The minimum absolute atomic E-state index is 0.243. The Morgan fingerprint density at radius 3 is 2.61 bits per heavy atom. The van der Waals surface area contributed by atoms with Gasteiger partial charge in [-0.3, -0.25) is 0 Å². The van der Waals surface area contributed by atoms with Gasteiger partial charge in [-0.25, -0.2) is 4.98 Å². The van der Waals surface area contributed by atoms with Gasteiger partial charge >= 0.3 is 0 Å². The summed E-state index contributed by atoms with van der Waals surface area (Å²) >= 11 is 3.50. The highest BCUT2D eigenvalue weighted by molar-refractivity contribution is 9.10. The monoisotopic (exact) mass is 302 g/mol. The summed E-state index contributed by atoms with van der Waals surface area (Å²) in [5.41, 5.74) is 2.67. The third kappa shape index (κ3) is 1.61. The largest absolute Gasteiger partial charge is 0.507 e. The van der Waals surface area contributed by atoms with Gasteiger partial charge in [0, 0.05) is 11.5 Å². The van der Waals surface area contributed by atoms with Crippen LogP contribution in [-0.2, 0) is 7.05 Å². The van der Waals surface area contributed by atoms with Gasteiger partial charge in [-0.05, 0) is 40.2 Å². The van der Waals surface area contributed by atoms with Crippen molar-refractivity contribution in [2.45, 2.75) is 0 Å². The number of hydrogen-bond donors (Lipinski definition) is 1. The van der Waals surface area contributed by atoms with Crippen LogP contribution >= 0.6 is 15.9 Å². The molecule has 0 aliphatic rings. The van der Waals surface area contributed by atoms with Gasteiger partial charge in [0.15, 0.2) is 0 Å². The summed E-state index contributed by atoms with van der Waals surface area (Å²) in [6.45, 7) is 0. The van der Waals surface area contributed by atoms with Crippen molar-refractivity contribution < 1.29 is 5.11 Å². The van der Waals surface area contributed by atoms with E-state index in [1.165, 1.54) is 0 Å². The molecule has 3 rings (SSSR count). The molecule has 3 nitrogen and oxygen atoms in total. The lowest BCUT2D eigenvalue weighted by atomic mass is 10.2. The Kier molecular flexibility index (Phi) is 2.59. The highest BCUT2D eigenvalue weighted by atomic mass is 79.9. The maximum atomic E-state index is 9.92. The Morgan fingerprint density at radius 2 is 1.89 bits per heavy atom. The highest BCUT2D eigenvalue weighted by Gasteiger charge is 2.13. The van der Waals surface area contributed by atoms with Crippen molar-refractivity contribution in [3.05, 3.63) is 46.9 Å². The first-order valence-corrected chi connectivity index (χ1v) is 6.37. The van der Waals surface area contributed by atoms with Crippen LogP contribution in [0, 0.1) is 0 Å². The number of aryl methyl sites for hydroxylation is 1. The van der Waals surface area contributed by atoms with E-state index < -0.39 is 0 Å². The molecule has 0 spiro atoms. The first-order valence-electron chi connectivity index (χ1n) is 5.58. The van der Waals surface area contributed by atoms with Crippen LogP contribution in [0.25, 0.3) is 22.4 Å². The van der Waals surface area contributed by atoms with E-state index >= 15 is 0 Å². The molecule has 0 saturated carbocycles. The van der Waals surface area contributed by atoms with Crippen molar-refractivity contribution >= 4 is 27.0 Å². The standard InChI is InChI=1S/C14H11BrN2O/c1-17-11-7-4-6-10(15)13(11)16-14(17)9-5-2-3-8-12(9)18/h2-8,18H,1H3. The second-order valence-corrected chi connectivity index (χ2v) is 4.97. The molecule has 0 unspecified atom stereocenters. The lowest BCUT2D eigenvalue weighted by Gasteiger charge is -2.04. The summed E-state index contributed by atoms with van der Waals surface area (Å²) in [6.07, 6.45) is 0. The van der Waals surface area contributed by atoms with E-state index in [-0.39, 0.29) is 5.75 Å². The van der Waals surface area contributed by atoms with Crippen molar-refractivity contribution in [1.29, 1.82) is 0 Å². The van der Waals surface area contributed by atoms with E-state index in [2.05, 4.69) is 20.9 Å². The lowest BCUT2D eigenvalue weighted by Crippen LogP contribution is -1.92. The molecule has 0 saturated heterocycles. The maximum Gasteiger partial charge on any atom is 0.144 e. The molecule has 0 radical (unpaired) electrons. The van der Waals surface area contributed by atoms with E-state index in [0.717, 1.165) is 26.9 Å². The minimum Gasteiger partial charge on any atom is -0.507 e. The fourth-order valence-electron chi connectivity index (χ4n) is 2.08. The second kappa shape index (κ2) is 4.14. The van der Waals surface area contributed by atoms with Crippen LogP contribution in [0.15, 0.2) is 46.9 Å². The number of halogens is 1. The molecule has 1 aromatic heterocycles. The maximum absolute atomic E-state index is 9.92. The first kappa shape index (κ1) is 11.3. The Labute approximate surface area is 113 Å². The van der Waals surface area contributed by atoms with Gasteiger partial charge < -0.3 is 9.67 Å². The van der Waals surface area contributed by atoms with Crippen molar-refractivity contribution in [1.82, 2.24) is 9.55 Å². The van der Waals surface area contributed by atoms with Gasteiger partial charge in [-0.2, -0.15) is 0 Å². The number of imidazole rings is 1. The summed E-state index contributed by atoms with van der Waals surface area (Å²) in [6, 6.07) is 13.2. The normalized spacial score (nSPS) is 11.0. The molecule has 3 aromatic rings. The van der Waals surface area contributed by atoms with Crippen LogP contribution in [0.3, 0.4) is 0 Å².